The number of fused-ring (bicyclic) bond motifs is 7. The number of alkyl halides is 1. The number of amides is 3. The van der Waals surface area contributed by atoms with Gasteiger partial charge in [-0.1, -0.05) is 44.9 Å². The van der Waals surface area contributed by atoms with Crippen LogP contribution < -0.4 is 16.1 Å². The predicted molar refractivity (Wildman–Crippen MR) is 315 cm³/mol. The van der Waals surface area contributed by atoms with Crippen LogP contribution in [0, 0.1) is 22.7 Å². The number of aryl methyl sites for hydroxylation is 1. The summed E-state index contributed by atoms with van der Waals surface area (Å²) in [6.07, 6.45) is 15.2. The number of methoxy groups -OCH3 is 1. The molecule has 2 saturated carbocycles. The van der Waals surface area contributed by atoms with E-state index in [-0.39, 0.29) is 60.3 Å². The summed E-state index contributed by atoms with van der Waals surface area (Å²) in [6, 6.07) is 11.2. The number of halogens is 1. The number of aliphatic imine (C=N–C) groups is 1. The molecule has 9 atom stereocenters. The lowest BCUT2D eigenvalue weighted by molar-refractivity contribution is -0.155. The smallest absolute Gasteiger partial charge is 0.324 e. The zero-order chi connectivity index (χ0) is 56.6. The molecule has 0 radical (unpaired) electrons. The van der Waals surface area contributed by atoms with Gasteiger partial charge in [-0.2, -0.15) is 0 Å². The Morgan fingerprint density at radius 2 is 1.71 bits per heavy atom. The molecule has 10 aliphatic rings. The molecule has 3 aromatic rings. The molecule has 82 heavy (non-hydrogen) atoms. The first-order chi connectivity index (χ1) is 39.7. The van der Waals surface area contributed by atoms with Crippen LogP contribution in [-0.4, -0.2) is 180 Å². The van der Waals surface area contributed by atoms with Crippen LogP contribution in [0.3, 0.4) is 0 Å². The second-order valence-corrected chi connectivity index (χ2v) is 27.3. The second kappa shape index (κ2) is 22.8. The van der Waals surface area contributed by atoms with Crippen LogP contribution in [-0.2, 0) is 54.7 Å². The van der Waals surface area contributed by atoms with Crippen molar-refractivity contribution in [2.24, 2.45) is 27.7 Å². The summed E-state index contributed by atoms with van der Waals surface area (Å²) >= 11 is 0. The summed E-state index contributed by atoms with van der Waals surface area (Å²) < 4.78 is 30.2. The van der Waals surface area contributed by atoms with Gasteiger partial charge >= 0.3 is 5.97 Å². The van der Waals surface area contributed by atoms with Crippen molar-refractivity contribution in [3.8, 4) is 11.1 Å². The number of cyclic esters (lactones) is 1. The molecular formula is C65H89FN10O6. The number of nitrogens with one attached hydrogen (secondary N) is 3. The largest absolute Gasteiger partial charge is 0.464 e. The van der Waals surface area contributed by atoms with Crippen LogP contribution in [0.4, 0.5) is 4.39 Å². The first-order valence-electron chi connectivity index (χ1n) is 31.7. The maximum absolute atomic E-state index is 15.4. The van der Waals surface area contributed by atoms with E-state index >= 15 is 14.0 Å². The highest BCUT2D eigenvalue weighted by atomic mass is 19.1. The van der Waals surface area contributed by atoms with Crippen LogP contribution in [0.2, 0.25) is 0 Å². The molecule has 8 aliphatic heterocycles. The Hall–Kier alpha value is -5.04. The number of piperazine rings is 1. The summed E-state index contributed by atoms with van der Waals surface area (Å²) in [4.78, 5) is 73.8. The lowest BCUT2D eigenvalue weighted by Crippen LogP contribution is -2.62. The van der Waals surface area contributed by atoms with E-state index in [0.717, 1.165) is 129 Å². The average molecular weight is 1130 g/mol. The highest BCUT2D eigenvalue weighted by Gasteiger charge is 2.55. The molecule has 1 aromatic heterocycles. The van der Waals surface area contributed by atoms with Crippen molar-refractivity contribution in [1.29, 1.82) is 0 Å². The molecule has 3 N–H and O–H groups in total. The van der Waals surface area contributed by atoms with Gasteiger partial charge in [0.25, 0.3) is 5.91 Å². The van der Waals surface area contributed by atoms with Crippen LogP contribution in [0.1, 0.15) is 134 Å². The Bertz CT molecular complexity index is 3020. The molecule has 9 heterocycles. The third-order valence-electron chi connectivity index (χ3n) is 21.0. The predicted octanol–water partition coefficient (Wildman–Crippen LogP) is 7.05. The fourth-order valence-electron chi connectivity index (χ4n) is 16.4. The van der Waals surface area contributed by atoms with Crippen LogP contribution in [0.5, 0.6) is 0 Å². The van der Waals surface area contributed by atoms with Crippen molar-refractivity contribution in [3.63, 3.8) is 0 Å². The Kier molecular flexibility index (Phi) is 15.6. The SMILES string of the molecule is CCn1c(C2=C([C@H](C)OC)N=CC(N3CCN4CCC[C@@H]4C3)C2)c2c3cc(ccc31)-c1cc(CF)cc(c1)C[C@H](NC(=O)[C@H](C1CCCC1)N1CC[C@]3(CCN(C(=O)[C@@H]4N[C@@H]4C4CC4)C3)C1)C(=O)N1CCC[C@H](N1)C(=O)OCC(C)(C)C2. The van der Waals surface area contributed by atoms with E-state index in [1.165, 1.54) is 42.8 Å². The molecule has 3 amide bonds. The number of hydrogen-bond acceptors (Lipinski definition) is 12. The highest BCUT2D eigenvalue weighted by Crippen LogP contribution is 2.46. The Morgan fingerprint density at radius 1 is 0.902 bits per heavy atom. The summed E-state index contributed by atoms with van der Waals surface area (Å²) in [5, 5.41) is 9.43. The zero-order valence-electron chi connectivity index (χ0n) is 49.4. The minimum absolute atomic E-state index is 0.0455. The number of likely N-dealkylation sites (tertiary alicyclic amines) is 2. The maximum atomic E-state index is 15.4. The second-order valence-electron chi connectivity index (χ2n) is 27.3. The molecule has 8 fully saturated rings. The number of hydrazine groups is 1. The number of benzene rings is 2. The summed E-state index contributed by atoms with van der Waals surface area (Å²) in [5.74, 6) is 0.0967. The molecule has 6 saturated heterocycles. The van der Waals surface area contributed by atoms with E-state index in [4.69, 9.17) is 14.5 Å². The van der Waals surface area contributed by atoms with Crippen LogP contribution >= 0.6 is 0 Å². The van der Waals surface area contributed by atoms with Gasteiger partial charge in [0.2, 0.25) is 11.8 Å². The van der Waals surface area contributed by atoms with Gasteiger partial charge in [0.05, 0.1) is 30.1 Å². The van der Waals surface area contributed by atoms with Crippen molar-refractivity contribution in [2.75, 3.05) is 72.6 Å². The lowest BCUT2D eigenvalue weighted by atomic mass is 9.83. The minimum atomic E-state index is -1.02. The van der Waals surface area contributed by atoms with E-state index in [1.807, 2.05) is 12.1 Å². The molecule has 6 bridgehead atoms. The Balaban J connectivity index is 0.847. The number of esters is 1. The third kappa shape index (κ3) is 11.0. The van der Waals surface area contributed by atoms with Gasteiger partial charge in [-0.05, 0) is 162 Å². The molecule has 13 rings (SSSR count). The van der Waals surface area contributed by atoms with E-state index < -0.39 is 36.2 Å². The third-order valence-corrected chi connectivity index (χ3v) is 21.0. The van der Waals surface area contributed by atoms with Crippen molar-refractivity contribution < 1.29 is 33.0 Å². The van der Waals surface area contributed by atoms with Gasteiger partial charge in [-0.15, -0.1) is 0 Å². The number of hydrogen-bond donors (Lipinski definition) is 3. The molecule has 442 valence electrons. The first-order valence-corrected chi connectivity index (χ1v) is 31.7. The van der Waals surface area contributed by atoms with E-state index in [1.54, 1.807) is 7.11 Å². The standard InChI is InChI=1S/C65H89FN10O6/c1-6-75-54-18-17-45-31-49(54)51(59(75)50-32-48(35-67-55(50)40(2)81-5)72-26-25-71-21-9-13-47(71)36-72)33-64(3,4)39-82-63(80)52-14-10-22-76(70-52)61(78)53(30-41-27-42(34-66)29-46(45)28-41)68-60(77)58(44-11-7-8-12-44)73-23-19-65(37-73)20-24-74(38-65)62(79)57-56(69-57)43-15-16-43/h17-18,27-29,31,35,40,43-44,47-48,52-53,56-58,69-70H,6-16,19-26,30,32-34,36-39H2,1-5H3,(H,68,77)/t40-,47+,48?,52-,53-,56+,57+,58-,65-/m0/s1. The van der Waals surface area contributed by atoms with Gasteiger partial charge in [0.1, 0.15) is 24.8 Å². The quantitative estimate of drug-likeness (QED) is 0.126. The highest BCUT2D eigenvalue weighted by molar-refractivity contribution is 5.96. The first kappa shape index (κ1) is 56.1. The number of nitrogens with zero attached hydrogens (tertiary/aromatic N) is 7. The van der Waals surface area contributed by atoms with Crippen LogP contribution in [0.25, 0.3) is 27.6 Å². The molecule has 16 nitrogen and oxygen atoms in total. The molecule has 1 unspecified atom stereocenters. The Labute approximate surface area is 484 Å². The summed E-state index contributed by atoms with van der Waals surface area (Å²) in [6.45, 7) is 16.3. The van der Waals surface area contributed by atoms with Gasteiger partial charge in [0.15, 0.2) is 0 Å². The maximum Gasteiger partial charge on any atom is 0.324 e. The fraction of sp³-hybridized carbons (Fsp3) is 0.677. The number of ether oxygens (including phenoxy) is 2. The molecule has 2 aliphatic carbocycles. The van der Waals surface area contributed by atoms with Gasteiger partial charge in [0, 0.05) is 118 Å². The molecule has 1 spiro atoms. The number of carbonyl (C=O) groups is 4. The molecule has 17 heteroatoms. The van der Waals surface area contributed by atoms with E-state index in [0.29, 0.717) is 62.5 Å². The minimum Gasteiger partial charge on any atom is -0.464 e. The van der Waals surface area contributed by atoms with E-state index in [9.17, 15) is 9.59 Å². The van der Waals surface area contributed by atoms with Crippen molar-refractivity contribution in [2.45, 2.75) is 186 Å². The van der Waals surface area contributed by atoms with Crippen molar-refractivity contribution in [3.05, 3.63) is 64.5 Å². The summed E-state index contributed by atoms with van der Waals surface area (Å²) in [7, 11) is 1.75. The van der Waals surface area contributed by atoms with Crippen molar-refractivity contribution >= 4 is 46.4 Å². The van der Waals surface area contributed by atoms with Gasteiger partial charge in [-0.25, -0.2) is 9.82 Å². The topological polar surface area (TPSA) is 166 Å². The number of rotatable bonds is 12. The fourth-order valence-corrected chi connectivity index (χ4v) is 16.4. The number of carbonyl (C=O) groups excluding carboxylic acids is 4. The van der Waals surface area contributed by atoms with E-state index in [2.05, 4.69) is 98.4 Å². The average Bonchev–Trinajstić information content (AvgIpc) is 3.80. The van der Waals surface area contributed by atoms with Gasteiger partial charge < -0.3 is 24.3 Å². The Morgan fingerprint density at radius 3 is 2.50 bits per heavy atom. The zero-order valence-corrected chi connectivity index (χ0v) is 49.4. The van der Waals surface area contributed by atoms with Gasteiger partial charge in [-0.3, -0.25) is 49.2 Å². The number of aromatic nitrogens is 1. The summed E-state index contributed by atoms with van der Waals surface area (Å²) in [5.41, 5.74) is 11.2. The lowest BCUT2D eigenvalue weighted by Gasteiger charge is -2.42. The molecule has 2 aromatic carbocycles. The monoisotopic (exact) mass is 1120 g/mol. The molecular weight excluding hydrogens is 1040 g/mol. The normalized spacial score (nSPS) is 31.0. The van der Waals surface area contributed by atoms with Crippen molar-refractivity contribution in [1.82, 2.24) is 45.2 Å². The van der Waals surface area contributed by atoms with Crippen LogP contribution in [0.15, 0.2) is 47.1 Å².